The van der Waals surface area contributed by atoms with Gasteiger partial charge in [-0.1, -0.05) is 53.5 Å². The van der Waals surface area contributed by atoms with Crippen LogP contribution in [0.15, 0.2) is 60.7 Å². The highest BCUT2D eigenvalue weighted by Crippen LogP contribution is 2.28. The summed E-state index contributed by atoms with van der Waals surface area (Å²) >= 11 is 11.9. The number of carbonyl (C=O) groups is 2. The van der Waals surface area contributed by atoms with Gasteiger partial charge in [-0.05, 0) is 41.5 Å². The quantitative estimate of drug-likeness (QED) is 0.377. The molecule has 3 rings (SSSR count). The number of esters is 1. The first-order chi connectivity index (χ1) is 13.4. The van der Waals surface area contributed by atoms with Crippen LogP contribution in [0.5, 0.6) is 0 Å². The normalized spacial score (nSPS) is 10.6. The molecule has 0 unspecified atom stereocenters. The van der Waals surface area contributed by atoms with Gasteiger partial charge in [0, 0.05) is 27.6 Å². The zero-order chi connectivity index (χ0) is 20.3. The molecule has 0 atom stereocenters. The van der Waals surface area contributed by atoms with E-state index in [1.165, 1.54) is 31.4 Å². The predicted octanol–water partition coefficient (Wildman–Crippen LogP) is 6.01. The Balaban J connectivity index is 2.06. The number of benzene rings is 3. The van der Waals surface area contributed by atoms with Gasteiger partial charge >= 0.3 is 5.97 Å². The molecular weight excluding hydrogens is 402 g/mol. The van der Waals surface area contributed by atoms with Crippen LogP contribution in [0.3, 0.4) is 0 Å². The average Bonchev–Trinajstić information content (AvgIpc) is 2.68. The summed E-state index contributed by atoms with van der Waals surface area (Å²) in [6, 6.07) is 16.0. The van der Waals surface area contributed by atoms with Crippen LogP contribution >= 0.6 is 23.2 Å². The summed E-state index contributed by atoms with van der Waals surface area (Å²) in [7, 11) is 1.20. The Morgan fingerprint density at radius 3 is 2.21 bits per heavy atom. The molecule has 0 heterocycles. The van der Waals surface area contributed by atoms with E-state index >= 15 is 0 Å². The van der Waals surface area contributed by atoms with E-state index in [2.05, 4.69) is 0 Å². The largest absolute Gasteiger partial charge is 0.465 e. The van der Waals surface area contributed by atoms with E-state index in [0.717, 1.165) is 6.07 Å². The Hall–Kier alpha value is -2.69. The standard InChI is InChI=1S/C22H15Cl2FO3/c1-28-22(27)19-12-20(25)18(13-5-3-2-4-6-13)9-14(19)10-21(26)15-7-16(23)11-17(24)8-15/h2-9,11-12H,10H2,1H3. The minimum Gasteiger partial charge on any atom is -0.465 e. The molecule has 3 aromatic carbocycles. The SMILES string of the molecule is COC(=O)c1cc(F)c(-c2ccccc2)cc1CC(=O)c1cc(Cl)cc(Cl)c1. The number of hydrogen-bond donors (Lipinski definition) is 0. The Morgan fingerprint density at radius 2 is 1.61 bits per heavy atom. The van der Waals surface area contributed by atoms with Crippen molar-refractivity contribution in [2.24, 2.45) is 0 Å². The third-order valence-corrected chi connectivity index (χ3v) is 4.65. The summed E-state index contributed by atoms with van der Waals surface area (Å²) < 4.78 is 19.4. The molecule has 0 amide bonds. The van der Waals surface area contributed by atoms with Crippen molar-refractivity contribution in [3.05, 3.63) is 93.2 Å². The van der Waals surface area contributed by atoms with E-state index in [0.29, 0.717) is 32.3 Å². The number of methoxy groups -OCH3 is 1. The number of ketones is 1. The highest BCUT2D eigenvalue weighted by molar-refractivity contribution is 6.35. The van der Waals surface area contributed by atoms with Gasteiger partial charge in [-0.15, -0.1) is 0 Å². The van der Waals surface area contributed by atoms with Gasteiger partial charge in [0.05, 0.1) is 12.7 Å². The molecule has 0 fully saturated rings. The summed E-state index contributed by atoms with van der Waals surface area (Å²) in [6.07, 6.45) is -0.138. The van der Waals surface area contributed by atoms with Gasteiger partial charge in [-0.25, -0.2) is 9.18 Å². The van der Waals surface area contributed by atoms with Crippen LogP contribution in [-0.2, 0) is 11.2 Å². The summed E-state index contributed by atoms with van der Waals surface area (Å²) in [5.74, 6) is -1.60. The van der Waals surface area contributed by atoms with Crippen LogP contribution in [0.2, 0.25) is 10.0 Å². The Labute approximate surface area is 171 Å². The molecule has 0 aliphatic heterocycles. The molecule has 0 spiro atoms. The molecule has 0 aliphatic rings. The van der Waals surface area contributed by atoms with Crippen molar-refractivity contribution < 1.29 is 18.7 Å². The summed E-state index contributed by atoms with van der Waals surface area (Å²) in [4.78, 5) is 24.9. The lowest BCUT2D eigenvalue weighted by Crippen LogP contribution is -2.12. The van der Waals surface area contributed by atoms with Crippen molar-refractivity contribution >= 4 is 35.0 Å². The molecule has 142 valence electrons. The van der Waals surface area contributed by atoms with Gasteiger partial charge in [-0.2, -0.15) is 0 Å². The Bertz CT molecular complexity index is 1030. The third-order valence-electron chi connectivity index (χ3n) is 4.22. The van der Waals surface area contributed by atoms with Gasteiger partial charge in [0.15, 0.2) is 5.78 Å². The number of halogens is 3. The molecule has 0 saturated heterocycles. The van der Waals surface area contributed by atoms with Crippen molar-refractivity contribution in [1.82, 2.24) is 0 Å². The second kappa shape index (κ2) is 8.55. The number of Topliss-reactive ketones (excluding diaryl/α,β-unsaturated/α-hetero) is 1. The van der Waals surface area contributed by atoms with Crippen LogP contribution in [0, 0.1) is 5.82 Å². The van der Waals surface area contributed by atoms with Crippen molar-refractivity contribution in [3.63, 3.8) is 0 Å². The van der Waals surface area contributed by atoms with Gasteiger partial charge in [0.2, 0.25) is 0 Å². The van der Waals surface area contributed by atoms with Crippen LogP contribution < -0.4 is 0 Å². The van der Waals surface area contributed by atoms with Crippen LogP contribution in [-0.4, -0.2) is 18.9 Å². The Morgan fingerprint density at radius 1 is 0.964 bits per heavy atom. The van der Waals surface area contributed by atoms with Gasteiger partial charge in [0.1, 0.15) is 5.82 Å². The smallest absolute Gasteiger partial charge is 0.338 e. The second-order valence-corrected chi connectivity index (χ2v) is 6.98. The minimum absolute atomic E-state index is 0.00107. The lowest BCUT2D eigenvalue weighted by atomic mass is 9.94. The van der Waals surface area contributed by atoms with E-state index in [-0.39, 0.29) is 17.8 Å². The highest BCUT2D eigenvalue weighted by atomic mass is 35.5. The zero-order valence-corrected chi connectivity index (χ0v) is 16.4. The topological polar surface area (TPSA) is 43.4 Å². The highest BCUT2D eigenvalue weighted by Gasteiger charge is 2.20. The third kappa shape index (κ3) is 4.41. The van der Waals surface area contributed by atoms with E-state index < -0.39 is 11.8 Å². The molecule has 3 aromatic rings. The average molecular weight is 417 g/mol. The molecule has 0 radical (unpaired) electrons. The summed E-state index contributed by atoms with van der Waals surface area (Å²) in [5.41, 5.74) is 1.59. The first-order valence-electron chi connectivity index (χ1n) is 8.34. The van der Waals surface area contributed by atoms with Gasteiger partial charge < -0.3 is 4.74 Å². The molecule has 28 heavy (non-hydrogen) atoms. The fraction of sp³-hybridized carbons (Fsp3) is 0.0909. The molecule has 3 nitrogen and oxygen atoms in total. The maximum absolute atomic E-state index is 14.7. The second-order valence-electron chi connectivity index (χ2n) is 6.10. The molecule has 0 aliphatic carbocycles. The van der Waals surface area contributed by atoms with Crippen molar-refractivity contribution in [2.45, 2.75) is 6.42 Å². The van der Waals surface area contributed by atoms with Gasteiger partial charge in [-0.3, -0.25) is 4.79 Å². The first kappa shape index (κ1) is 20.1. The summed E-state index contributed by atoms with van der Waals surface area (Å²) in [5, 5.41) is 0.654. The van der Waals surface area contributed by atoms with E-state index in [1.807, 2.05) is 6.07 Å². The van der Waals surface area contributed by atoms with Crippen molar-refractivity contribution in [2.75, 3.05) is 7.11 Å². The minimum atomic E-state index is -0.717. The predicted molar refractivity (Wildman–Crippen MR) is 108 cm³/mol. The van der Waals surface area contributed by atoms with Crippen LogP contribution in [0.4, 0.5) is 4.39 Å². The lowest BCUT2D eigenvalue weighted by molar-refractivity contribution is 0.0599. The fourth-order valence-electron chi connectivity index (χ4n) is 2.89. The fourth-order valence-corrected chi connectivity index (χ4v) is 3.42. The van der Waals surface area contributed by atoms with Crippen molar-refractivity contribution in [1.29, 1.82) is 0 Å². The molecule has 0 aromatic heterocycles. The van der Waals surface area contributed by atoms with Crippen molar-refractivity contribution in [3.8, 4) is 11.1 Å². The molecule has 0 bridgehead atoms. The summed E-state index contributed by atoms with van der Waals surface area (Å²) in [6.45, 7) is 0. The molecular formula is C22H15Cl2FO3. The first-order valence-corrected chi connectivity index (χ1v) is 9.10. The maximum atomic E-state index is 14.7. The van der Waals surface area contributed by atoms with Crippen LogP contribution in [0.1, 0.15) is 26.3 Å². The lowest BCUT2D eigenvalue weighted by Gasteiger charge is -2.12. The number of hydrogen-bond acceptors (Lipinski definition) is 3. The van der Waals surface area contributed by atoms with Gasteiger partial charge in [0.25, 0.3) is 0 Å². The van der Waals surface area contributed by atoms with E-state index in [4.69, 9.17) is 27.9 Å². The maximum Gasteiger partial charge on any atom is 0.338 e. The molecule has 6 heteroatoms. The zero-order valence-electron chi connectivity index (χ0n) is 14.8. The molecule has 0 saturated carbocycles. The number of rotatable bonds is 5. The number of carbonyl (C=O) groups excluding carboxylic acids is 2. The Kier molecular flexibility index (Phi) is 6.12. The number of ether oxygens (including phenoxy) is 1. The monoisotopic (exact) mass is 416 g/mol. The van der Waals surface area contributed by atoms with E-state index in [9.17, 15) is 14.0 Å². The van der Waals surface area contributed by atoms with Crippen LogP contribution in [0.25, 0.3) is 11.1 Å². The molecule has 0 N–H and O–H groups in total. The van der Waals surface area contributed by atoms with E-state index in [1.54, 1.807) is 24.3 Å².